The summed E-state index contributed by atoms with van der Waals surface area (Å²) in [6.07, 6.45) is 1.20. The summed E-state index contributed by atoms with van der Waals surface area (Å²) in [4.78, 5) is 0.322. The minimum absolute atomic E-state index is 0.322. The zero-order chi connectivity index (χ0) is 12.5. The Kier molecular flexibility index (Phi) is 3.22. The number of rotatable bonds is 2. The van der Waals surface area contributed by atoms with Gasteiger partial charge in [-0.1, -0.05) is 35.9 Å². The van der Waals surface area contributed by atoms with Crippen LogP contribution >= 0.6 is 11.6 Å². The van der Waals surface area contributed by atoms with Crippen molar-refractivity contribution in [3.05, 3.63) is 53.6 Å². The lowest BCUT2D eigenvalue weighted by atomic mass is 10.1. The Balaban J connectivity index is 2.43. The number of hydrogen-bond donors (Lipinski definition) is 0. The third kappa shape index (κ3) is 2.87. The molecule has 0 aliphatic carbocycles. The van der Waals surface area contributed by atoms with Crippen LogP contribution in [-0.2, 0) is 9.84 Å². The Morgan fingerprint density at radius 1 is 0.941 bits per heavy atom. The fraction of sp³-hybridized carbons (Fsp3) is 0.0769. The van der Waals surface area contributed by atoms with Crippen LogP contribution in [0.5, 0.6) is 0 Å². The molecule has 88 valence electrons. The van der Waals surface area contributed by atoms with Crippen molar-refractivity contribution in [2.24, 2.45) is 0 Å². The summed E-state index contributed by atoms with van der Waals surface area (Å²) in [5, 5.41) is 0.662. The predicted molar refractivity (Wildman–Crippen MR) is 70.0 cm³/mol. The molecule has 0 radical (unpaired) electrons. The van der Waals surface area contributed by atoms with Crippen LogP contribution in [-0.4, -0.2) is 14.7 Å². The summed E-state index contributed by atoms with van der Waals surface area (Å²) < 4.78 is 22.6. The van der Waals surface area contributed by atoms with E-state index in [-0.39, 0.29) is 0 Å². The van der Waals surface area contributed by atoms with Crippen molar-refractivity contribution in [1.29, 1.82) is 0 Å². The van der Waals surface area contributed by atoms with Crippen LogP contribution in [0.3, 0.4) is 0 Å². The molecule has 0 saturated heterocycles. The lowest BCUT2D eigenvalue weighted by Gasteiger charge is -2.03. The van der Waals surface area contributed by atoms with Crippen LogP contribution in [0.4, 0.5) is 0 Å². The number of sulfone groups is 1. The highest BCUT2D eigenvalue weighted by molar-refractivity contribution is 7.90. The van der Waals surface area contributed by atoms with E-state index < -0.39 is 9.84 Å². The zero-order valence-electron chi connectivity index (χ0n) is 9.22. The average Bonchev–Trinajstić information content (AvgIpc) is 2.28. The lowest BCUT2D eigenvalue weighted by Crippen LogP contribution is -1.96. The van der Waals surface area contributed by atoms with E-state index in [1.54, 1.807) is 30.3 Å². The highest BCUT2D eigenvalue weighted by Crippen LogP contribution is 2.23. The molecule has 0 spiro atoms. The standard InChI is InChI=1S/C13H11ClO2S/c1-17(15,16)13-7-5-10(6-8-13)11-3-2-4-12(14)9-11/h2-9H,1H3. The zero-order valence-corrected chi connectivity index (χ0v) is 10.8. The van der Waals surface area contributed by atoms with Crippen molar-refractivity contribution in [2.45, 2.75) is 4.90 Å². The molecular weight excluding hydrogens is 256 g/mol. The van der Waals surface area contributed by atoms with E-state index in [4.69, 9.17) is 11.6 Å². The number of halogens is 1. The van der Waals surface area contributed by atoms with Crippen LogP contribution in [0, 0.1) is 0 Å². The molecular formula is C13H11ClO2S. The molecule has 2 rings (SSSR count). The Hall–Kier alpha value is -1.32. The molecule has 0 unspecified atom stereocenters. The van der Waals surface area contributed by atoms with E-state index in [0.29, 0.717) is 9.92 Å². The third-order valence-corrected chi connectivity index (χ3v) is 3.80. The second-order valence-corrected chi connectivity index (χ2v) is 6.26. The number of benzene rings is 2. The van der Waals surface area contributed by atoms with E-state index >= 15 is 0 Å². The normalized spacial score (nSPS) is 11.4. The molecule has 2 aromatic carbocycles. The molecule has 0 fully saturated rings. The Labute approximate surface area is 106 Å². The summed E-state index contributed by atoms with van der Waals surface area (Å²) in [6, 6.07) is 14.2. The fourth-order valence-electron chi connectivity index (χ4n) is 1.56. The van der Waals surface area contributed by atoms with Gasteiger partial charge in [-0.25, -0.2) is 8.42 Å². The van der Waals surface area contributed by atoms with Gasteiger partial charge in [0.25, 0.3) is 0 Å². The van der Waals surface area contributed by atoms with Crippen LogP contribution in [0.15, 0.2) is 53.4 Å². The highest BCUT2D eigenvalue weighted by atomic mass is 35.5. The van der Waals surface area contributed by atoms with Crippen LogP contribution < -0.4 is 0 Å². The Morgan fingerprint density at radius 2 is 1.59 bits per heavy atom. The maximum absolute atomic E-state index is 11.3. The quantitative estimate of drug-likeness (QED) is 0.835. The monoisotopic (exact) mass is 266 g/mol. The summed E-state index contributed by atoms with van der Waals surface area (Å²) in [5.74, 6) is 0. The molecule has 0 atom stereocenters. The second-order valence-electron chi connectivity index (χ2n) is 3.81. The molecule has 0 aliphatic rings. The molecule has 4 heteroatoms. The van der Waals surface area contributed by atoms with Gasteiger partial charge in [0.2, 0.25) is 0 Å². The second kappa shape index (κ2) is 4.51. The molecule has 0 amide bonds. The lowest BCUT2D eigenvalue weighted by molar-refractivity contribution is 0.602. The SMILES string of the molecule is CS(=O)(=O)c1ccc(-c2cccc(Cl)c2)cc1. The maximum Gasteiger partial charge on any atom is 0.175 e. The third-order valence-electron chi connectivity index (χ3n) is 2.44. The first-order chi connectivity index (χ1) is 7.97. The van der Waals surface area contributed by atoms with Gasteiger partial charge in [0.05, 0.1) is 4.90 Å². The topological polar surface area (TPSA) is 34.1 Å². The van der Waals surface area contributed by atoms with E-state index in [0.717, 1.165) is 11.1 Å². The van der Waals surface area contributed by atoms with Gasteiger partial charge in [0, 0.05) is 11.3 Å². The van der Waals surface area contributed by atoms with Crippen molar-refractivity contribution in [3.8, 4) is 11.1 Å². The van der Waals surface area contributed by atoms with Crippen LogP contribution in [0.1, 0.15) is 0 Å². The van der Waals surface area contributed by atoms with Gasteiger partial charge in [0.1, 0.15) is 0 Å². The maximum atomic E-state index is 11.3. The molecule has 0 aromatic heterocycles. The van der Waals surface area contributed by atoms with Gasteiger partial charge in [-0.2, -0.15) is 0 Å². The van der Waals surface area contributed by atoms with E-state index in [1.807, 2.05) is 18.2 Å². The minimum Gasteiger partial charge on any atom is -0.224 e. The minimum atomic E-state index is -3.14. The largest absolute Gasteiger partial charge is 0.224 e. The Bertz CT molecular complexity index is 631. The van der Waals surface area contributed by atoms with Crippen molar-refractivity contribution >= 4 is 21.4 Å². The van der Waals surface area contributed by atoms with Gasteiger partial charge in [0.15, 0.2) is 9.84 Å². The van der Waals surface area contributed by atoms with E-state index in [1.165, 1.54) is 6.26 Å². The highest BCUT2D eigenvalue weighted by Gasteiger charge is 2.06. The first-order valence-corrected chi connectivity index (χ1v) is 7.30. The smallest absolute Gasteiger partial charge is 0.175 e. The summed E-state index contributed by atoms with van der Waals surface area (Å²) in [5.41, 5.74) is 1.91. The predicted octanol–water partition coefficient (Wildman–Crippen LogP) is 3.41. The van der Waals surface area contributed by atoms with Crippen molar-refractivity contribution in [3.63, 3.8) is 0 Å². The van der Waals surface area contributed by atoms with E-state index in [2.05, 4.69) is 0 Å². The van der Waals surface area contributed by atoms with Gasteiger partial charge >= 0.3 is 0 Å². The summed E-state index contributed by atoms with van der Waals surface area (Å²) in [6.45, 7) is 0. The number of hydrogen-bond acceptors (Lipinski definition) is 2. The molecule has 2 aromatic rings. The van der Waals surface area contributed by atoms with Gasteiger partial charge in [-0.05, 0) is 35.4 Å². The van der Waals surface area contributed by atoms with Crippen molar-refractivity contribution < 1.29 is 8.42 Å². The molecule has 0 heterocycles. The van der Waals surface area contributed by atoms with Crippen molar-refractivity contribution in [1.82, 2.24) is 0 Å². The Morgan fingerprint density at radius 3 is 2.12 bits per heavy atom. The van der Waals surface area contributed by atoms with Gasteiger partial charge in [-0.3, -0.25) is 0 Å². The van der Waals surface area contributed by atoms with E-state index in [9.17, 15) is 8.42 Å². The summed E-state index contributed by atoms with van der Waals surface area (Å²) >= 11 is 5.90. The molecule has 0 bridgehead atoms. The molecule has 0 N–H and O–H groups in total. The molecule has 17 heavy (non-hydrogen) atoms. The van der Waals surface area contributed by atoms with Crippen LogP contribution in [0.2, 0.25) is 5.02 Å². The molecule has 2 nitrogen and oxygen atoms in total. The van der Waals surface area contributed by atoms with Crippen molar-refractivity contribution in [2.75, 3.05) is 6.26 Å². The first-order valence-electron chi connectivity index (χ1n) is 5.03. The van der Waals surface area contributed by atoms with Gasteiger partial charge in [-0.15, -0.1) is 0 Å². The van der Waals surface area contributed by atoms with Crippen LogP contribution in [0.25, 0.3) is 11.1 Å². The molecule has 0 aliphatic heterocycles. The first kappa shape index (κ1) is 12.1. The van der Waals surface area contributed by atoms with Gasteiger partial charge < -0.3 is 0 Å². The fourth-order valence-corrected chi connectivity index (χ4v) is 2.38. The summed E-state index contributed by atoms with van der Waals surface area (Å²) in [7, 11) is -3.14. The average molecular weight is 267 g/mol. The molecule has 0 saturated carbocycles.